The number of benzene rings is 2. The molecule has 1 aromatic heterocycles. The zero-order chi connectivity index (χ0) is 18.8. The standard InChI is InChI=1S/C20H20N4O2S/c1-14(19(25)23-12-11-15-7-3-4-8-16(15)23)27-20-22-21-13-24(20)17-9-5-6-10-18(17)26-2/h3-10,13-14H,11-12H2,1-2H3. The maximum Gasteiger partial charge on any atom is 0.240 e. The largest absolute Gasteiger partial charge is 0.495 e. The van der Waals surface area contributed by atoms with Gasteiger partial charge >= 0.3 is 0 Å². The monoisotopic (exact) mass is 380 g/mol. The first-order chi connectivity index (χ1) is 13.2. The maximum atomic E-state index is 13.0. The van der Waals surface area contributed by atoms with E-state index in [9.17, 15) is 4.79 Å². The van der Waals surface area contributed by atoms with Crippen molar-refractivity contribution in [1.82, 2.24) is 14.8 Å². The Hall–Kier alpha value is -2.80. The lowest BCUT2D eigenvalue weighted by Crippen LogP contribution is -2.35. The first-order valence-corrected chi connectivity index (χ1v) is 9.66. The van der Waals surface area contributed by atoms with E-state index in [2.05, 4.69) is 16.3 Å². The van der Waals surface area contributed by atoms with Crippen LogP contribution in [0.25, 0.3) is 5.69 Å². The predicted octanol–water partition coefficient (Wildman–Crippen LogP) is 3.35. The SMILES string of the molecule is COc1ccccc1-n1cnnc1SC(C)C(=O)N1CCc2ccccc21. The van der Waals surface area contributed by atoms with E-state index in [1.54, 1.807) is 13.4 Å². The van der Waals surface area contributed by atoms with Gasteiger partial charge in [-0.25, -0.2) is 0 Å². The molecule has 0 aliphatic carbocycles. The topological polar surface area (TPSA) is 60.2 Å². The van der Waals surface area contributed by atoms with Gasteiger partial charge in [-0.3, -0.25) is 9.36 Å². The number of rotatable bonds is 5. The third-order valence-corrected chi connectivity index (χ3v) is 5.69. The van der Waals surface area contributed by atoms with Gasteiger partial charge in [0.1, 0.15) is 12.1 Å². The number of methoxy groups -OCH3 is 1. The summed E-state index contributed by atoms with van der Waals surface area (Å²) >= 11 is 1.40. The summed E-state index contributed by atoms with van der Waals surface area (Å²) in [5.74, 6) is 0.811. The Morgan fingerprint density at radius 2 is 1.89 bits per heavy atom. The summed E-state index contributed by atoms with van der Waals surface area (Å²) in [6, 6.07) is 15.8. The summed E-state index contributed by atoms with van der Waals surface area (Å²) in [6.07, 6.45) is 2.54. The summed E-state index contributed by atoms with van der Waals surface area (Å²) < 4.78 is 7.29. The molecule has 4 rings (SSSR count). The van der Waals surface area contributed by atoms with Crippen LogP contribution in [0.2, 0.25) is 0 Å². The highest BCUT2D eigenvalue weighted by Crippen LogP contribution is 2.32. The highest BCUT2D eigenvalue weighted by Gasteiger charge is 2.29. The number of carbonyl (C=O) groups excluding carboxylic acids is 1. The molecule has 138 valence electrons. The number of carbonyl (C=O) groups is 1. The van der Waals surface area contributed by atoms with Gasteiger partial charge in [0.2, 0.25) is 5.91 Å². The van der Waals surface area contributed by atoms with Crippen molar-refractivity contribution in [2.24, 2.45) is 0 Å². The normalized spacial score (nSPS) is 14.1. The van der Waals surface area contributed by atoms with Crippen molar-refractivity contribution in [2.75, 3.05) is 18.6 Å². The lowest BCUT2D eigenvalue weighted by Gasteiger charge is -2.21. The second-order valence-electron chi connectivity index (χ2n) is 6.28. The van der Waals surface area contributed by atoms with E-state index in [4.69, 9.17) is 4.74 Å². The quantitative estimate of drug-likeness (QED) is 0.636. The van der Waals surface area contributed by atoms with Gasteiger partial charge in [0.25, 0.3) is 0 Å². The minimum Gasteiger partial charge on any atom is -0.495 e. The van der Waals surface area contributed by atoms with Crippen LogP contribution in [0.3, 0.4) is 0 Å². The first-order valence-electron chi connectivity index (χ1n) is 8.78. The molecule has 0 saturated carbocycles. The first kappa shape index (κ1) is 17.6. The number of hydrogen-bond acceptors (Lipinski definition) is 5. The molecular weight excluding hydrogens is 360 g/mol. The number of amides is 1. The fourth-order valence-electron chi connectivity index (χ4n) is 3.29. The maximum absolute atomic E-state index is 13.0. The van der Waals surface area contributed by atoms with Gasteiger partial charge in [-0.1, -0.05) is 42.1 Å². The summed E-state index contributed by atoms with van der Waals surface area (Å²) in [7, 11) is 1.63. The third kappa shape index (κ3) is 3.30. The van der Waals surface area contributed by atoms with Crippen molar-refractivity contribution in [2.45, 2.75) is 23.8 Å². The van der Waals surface area contributed by atoms with Gasteiger partial charge < -0.3 is 9.64 Å². The van der Waals surface area contributed by atoms with Crippen LogP contribution in [0.4, 0.5) is 5.69 Å². The zero-order valence-corrected chi connectivity index (χ0v) is 16.0. The number of nitrogens with zero attached hydrogens (tertiary/aromatic N) is 4. The molecule has 0 radical (unpaired) electrons. The van der Waals surface area contributed by atoms with Crippen molar-refractivity contribution < 1.29 is 9.53 Å². The summed E-state index contributed by atoms with van der Waals surface area (Å²) in [6.45, 7) is 2.64. The second-order valence-corrected chi connectivity index (χ2v) is 7.59. The van der Waals surface area contributed by atoms with Crippen LogP contribution in [0, 0.1) is 0 Å². The zero-order valence-electron chi connectivity index (χ0n) is 15.2. The van der Waals surface area contributed by atoms with Gasteiger partial charge in [0, 0.05) is 12.2 Å². The molecule has 0 fully saturated rings. The summed E-state index contributed by atoms with van der Waals surface area (Å²) in [5, 5.41) is 8.62. The number of fused-ring (bicyclic) bond motifs is 1. The average Bonchev–Trinajstić information content (AvgIpc) is 3.34. The lowest BCUT2D eigenvalue weighted by atomic mass is 10.2. The average molecular weight is 380 g/mol. The van der Waals surface area contributed by atoms with Crippen LogP contribution in [-0.2, 0) is 11.2 Å². The lowest BCUT2D eigenvalue weighted by molar-refractivity contribution is -0.117. The molecule has 1 aliphatic heterocycles. The Kier molecular flexibility index (Phi) is 4.85. The van der Waals surface area contributed by atoms with Crippen LogP contribution in [0.5, 0.6) is 5.75 Å². The number of aromatic nitrogens is 3. The van der Waals surface area contributed by atoms with E-state index in [1.165, 1.54) is 17.3 Å². The second kappa shape index (κ2) is 7.44. The van der Waals surface area contributed by atoms with E-state index in [0.29, 0.717) is 5.16 Å². The number of anilines is 1. The molecule has 6 nitrogen and oxygen atoms in total. The molecule has 1 amide bonds. The van der Waals surface area contributed by atoms with Crippen LogP contribution in [-0.4, -0.2) is 39.6 Å². The molecule has 0 spiro atoms. The number of ether oxygens (including phenoxy) is 1. The molecule has 7 heteroatoms. The van der Waals surface area contributed by atoms with E-state index in [-0.39, 0.29) is 11.2 Å². The number of hydrogen-bond donors (Lipinski definition) is 0. The molecule has 1 aliphatic rings. The minimum atomic E-state index is -0.284. The fourth-order valence-corrected chi connectivity index (χ4v) is 4.19. The molecular formula is C20H20N4O2S. The number of thioether (sulfide) groups is 1. The van der Waals surface area contributed by atoms with Crippen molar-refractivity contribution >= 4 is 23.4 Å². The van der Waals surface area contributed by atoms with Gasteiger partial charge in [-0.2, -0.15) is 0 Å². The molecule has 2 aromatic carbocycles. The van der Waals surface area contributed by atoms with Crippen molar-refractivity contribution in [3.05, 3.63) is 60.4 Å². The Bertz CT molecular complexity index is 972. The van der Waals surface area contributed by atoms with Gasteiger partial charge in [0.05, 0.1) is 18.0 Å². The van der Waals surface area contributed by atoms with Crippen molar-refractivity contribution in [3.63, 3.8) is 0 Å². The molecule has 3 aromatic rings. The third-order valence-electron chi connectivity index (χ3n) is 4.64. The molecule has 0 saturated heterocycles. The van der Waals surface area contributed by atoms with Crippen molar-refractivity contribution in [3.8, 4) is 11.4 Å². The van der Waals surface area contributed by atoms with Crippen LogP contribution >= 0.6 is 11.8 Å². The molecule has 0 bridgehead atoms. The Morgan fingerprint density at radius 1 is 1.15 bits per heavy atom. The molecule has 0 N–H and O–H groups in total. The Balaban J connectivity index is 1.56. The van der Waals surface area contributed by atoms with Crippen molar-refractivity contribution in [1.29, 1.82) is 0 Å². The Morgan fingerprint density at radius 3 is 2.70 bits per heavy atom. The minimum absolute atomic E-state index is 0.0829. The summed E-state index contributed by atoms with van der Waals surface area (Å²) in [5.41, 5.74) is 3.08. The van der Waals surface area contributed by atoms with Crippen LogP contribution < -0.4 is 9.64 Å². The predicted molar refractivity (Wildman–Crippen MR) is 106 cm³/mol. The highest BCUT2D eigenvalue weighted by atomic mass is 32.2. The smallest absolute Gasteiger partial charge is 0.240 e. The molecule has 27 heavy (non-hydrogen) atoms. The van der Waals surface area contributed by atoms with Crippen LogP contribution in [0.15, 0.2) is 60.0 Å². The Labute approximate surface area is 162 Å². The van der Waals surface area contributed by atoms with E-state index in [1.807, 2.05) is 58.9 Å². The molecule has 1 unspecified atom stereocenters. The van der Waals surface area contributed by atoms with Gasteiger partial charge in [-0.05, 0) is 37.1 Å². The van der Waals surface area contributed by atoms with Gasteiger partial charge in [0.15, 0.2) is 5.16 Å². The highest BCUT2D eigenvalue weighted by molar-refractivity contribution is 8.00. The van der Waals surface area contributed by atoms with Gasteiger partial charge in [-0.15, -0.1) is 10.2 Å². The van der Waals surface area contributed by atoms with E-state index >= 15 is 0 Å². The molecule has 1 atom stereocenters. The van der Waals surface area contributed by atoms with E-state index < -0.39 is 0 Å². The van der Waals surface area contributed by atoms with Crippen LogP contribution in [0.1, 0.15) is 12.5 Å². The number of para-hydroxylation sites is 3. The fraction of sp³-hybridized carbons (Fsp3) is 0.250. The molecule has 2 heterocycles. The summed E-state index contributed by atoms with van der Waals surface area (Å²) in [4.78, 5) is 14.9. The van der Waals surface area contributed by atoms with E-state index in [0.717, 1.165) is 30.1 Å².